The Bertz CT molecular complexity index is 744. The molecule has 1 aromatic heterocycles. The zero-order valence-electron chi connectivity index (χ0n) is 11.9. The van der Waals surface area contributed by atoms with Crippen LogP contribution in [0.25, 0.3) is 11.0 Å². The highest BCUT2D eigenvalue weighted by Crippen LogP contribution is 2.29. The number of nitrogens with one attached hydrogen (secondary N) is 3. The number of fused-ring (bicyclic) bond motifs is 1. The minimum Gasteiger partial charge on any atom is -0.381 e. The molecule has 1 aliphatic rings. The van der Waals surface area contributed by atoms with Crippen LogP contribution in [0.5, 0.6) is 0 Å². The SMILES string of the molecule is CCNC(c1ccc2[nH]c(=O)c(=O)[nH]c2c1)C1CCOC1. The first-order valence-corrected chi connectivity index (χ1v) is 7.26. The summed E-state index contributed by atoms with van der Waals surface area (Å²) in [4.78, 5) is 28.0. The minimum absolute atomic E-state index is 0.192. The van der Waals surface area contributed by atoms with Crippen molar-refractivity contribution in [2.24, 2.45) is 5.92 Å². The van der Waals surface area contributed by atoms with Gasteiger partial charge in [0, 0.05) is 18.6 Å². The van der Waals surface area contributed by atoms with E-state index in [4.69, 9.17) is 4.74 Å². The van der Waals surface area contributed by atoms with Gasteiger partial charge in [-0.25, -0.2) is 0 Å². The van der Waals surface area contributed by atoms with E-state index in [1.165, 1.54) is 0 Å². The molecule has 6 heteroatoms. The highest BCUT2D eigenvalue weighted by molar-refractivity contribution is 5.74. The Balaban J connectivity index is 2.03. The van der Waals surface area contributed by atoms with Crippen molar-refractivity contribution in [2.75, 3.05) is 19.8 Å². The van der Waals surface area contributed by atoms with Crippen LogP contribution in [0.4, 0.5) is 0 Å². The highest BCUT2D eigenvalue weighted by atomic mass is 16.5. The van der Waals surface area contributed by atoms with Crippen LogP contribution in [0.15, 0.2) is 27.8 Å². The van der Waals surface area contributed by atoms with Crippen LogP contribution in [0.2, 0.25) is 0 Å². The molecule has 0 radical (unpaired) electrons. The van der Waals surface area contributed by atoms with Gasteiger partial charge >= 0.3 is 11.1 Å². The lowest BCUT2D eigenvalue weighted by Crippen LogP contribution is -2.30. The van der Waals surface area contributed by atoms with Gasteiger partial charge in [-0.05, 0) is 30.7 Å². The molecular weight excluding hydrogens is 270 g/mol. The van der Waals surface area contributed by atoms with Gasteiger partial charge in [-0.1, -0.05) is 13.0 Å². The second-order valence-electron chi connectivity index (χ2n) is 5.37. The van der Waals surface area contributed by atoms with Crippen LogP contribution >= 0.6 is 0 Å². The molecule has 6 nitrogen and oxygen atoms in total. The molecule has 1 aliphatic heterocycles. The largest absolute Gasteiger partial charge is 0.381 e. The quantitative estimate of drug-likeness (QED) is 0.730. The van der Waals surface area contributed by atoms with Gasteiger partial charge < -0.3 is 20.0 Å². The fourth-order valence-corrected chi connectivity index (χ4v) is 2.92. The Hall–Kier alpha value is -1.92. The van der Waals surface area contributed by atoms with Gasteiger partial charge in [0.05, 0.1) is 17.6 Å². The van der Waals surface area contributed by atoms with E-state index in [0.717, 1.165) is 31.7 Å². The Labute approximate surface area is 121 Å². The minimum atomic E-state index is -0.623. The third kappa shape index (κ3) is 2.77. The Morgan fingerprint density at radius 3 is 2.71 bits per heavy atom. The van der Waals surface area contributed by atoms with Crippen molar-refractivity contribution in [3.63, 3.8) is 0 Å². The third-order valence-corrected chi connectivity index (χ3v) is 3.97. The van der Waals surface area contributed by atoms with Gasteiger partial charge in [0.1, 0.15) is 0 Å². The van der Waals surface area contributed by atoms with Crippen molar-refractivity contribution in [3.05, 3.63) is 44.5 Å². The number of H-pyrrole nitrogens is 2. The molecule has 0 aliphatic carbocycles. The van der Waals surface area contributed by atoms with E-state index in [0.29, 0.717) is 17.0 Å². The number of hydrogen-bond acceptors (Lipinski definition) is 4. The van der Waals surface area contributed by atoms with E-state index in [2.05, 4.69) is 22.2 Å². The lowest BCUT2D eigenvalue weighted by molar-refractivity contribution is 0.177. The molecule has 3 N–H and O–H groups in total. The maximum atomic E-state index is 11.5. The summed E-state index contributed by atoms with van der Waals surface area (Å²) in [5.74, 6) is 0.428. The lowest BCUT2D eigenvalue weighted by atomic mass is 9.92. The van der Waals surface area contributed by atoms with Crippen molar-refractivity contribution in [3.8, 4) is 0 Å². The maximum Gasteiger partial charge on any atom is 0.314 e. The van der Waals surface area contributed by atoms with Crippen molar-refractivity contribution in [1.82, 2.24) is 15.3 Å². The molecule has 0 saturated carbocycles. The molecule has 0 spiro atoms. The number of ether oxygens (including phenoxy) is 1. The van der Waals surface area contributed by atoms with Crippen molar-refractivity contribution >= 4 is 11.0 Å². The van der Waals surface area contributed by atoms with E-state index in [1.807, 2.05) is 18.2 Å². The fraction of sp³-hybridized carbons (Fsp3) is 0.467. The van der Waals surface area contributed by atoms with E-state index in [9.17, 15) is 9.59 Å². The molecule has 1 aromatic carbocycles. The predicted octanol–water partition coefficient (Wildman–Crippen LogP) is 0.903. The lowest BCUT2D eigenvalue weighted by Gasteiger charge is -2.24. The zero-order valence-corrected chi connectivity index (χ0v) is 11.9. The van der Waals surface area contributed by atoms with Crippen LogP contribution in [0, 0.1) is 5.92 Å². The van der Waals surface area contributed by atoms with Crippen LogP contribution in [0.1, 0.15) is 24.9 Å². The van der Waals surface area contributed by atoms with E-state index < -0.39 is 11.1 Å². The molecule has 1 saturated heterocycles. The smallest absolute Gasteiger partial charge is 0.314 e. The van der Waals surface area contributed by atoms with Gasteiger partial charge in [-0.15, -0.1) is 0 Å². The van der Waals surface area contributed by atoms with Crippen LogP contribution in [-0.2, 0) is 4.74 Å². The Kier molecular flexibility index (Phi) is 3.90. The summed E-state index contributed by atoms with van der Waals surface area (Å²) >= 11 is 0. The number of aromatic nitrogens is 2. The third-order valence-electron chi connectivity index (χ3n) is 3.97. The number of benzene rings is 1. The van der Waals surface area contributed by atoms with Gasteiger partial charge in [0.25, 0.3) is 0 Å². The number of hydrogen-bond donors (Lipinski definition) is 3. The van der Waals surface area contributed by atoms with Crippen LogP contribution in [0.3, 0.4) is 0 Å². The summed E-state index contributed by atoms with van der Waals surface area (Å²) in [6.45, 7) is 4.48. The second kappa shape index (κ2) is 5.83. The monoisotopic (exact) mass is 289 g/mol. The molecule has 112 valence electrons. The summed E-state index contributed by atoms with van der Waals surface area (Å²) in [5, 5.41) is 3.49. The van der Waals surface area contributed by atoms with Crippen LogP contribution in [-0.4, -0.2) is 29.7 Å². The molecule has 2 unspecified atom stereocenters. The summed E-state index contributed by atoms with van der Waals surface area (Å²) < 4.78 is 5.48. The molecule has 0 bridgehead atoms. The van der Waals surface area contributed by atoms with Gasteiger partial charge in [0.15, 0.2) is 0 Å². The molecule has 0 amide bonds. The summed E-state index contributed by atoms with van der Waals surface area (Å²) in [5.41, 5.74) is 1.15. The number of rotatable bonds is 4. The topological polar surface area (TPSA) is 87.0 Å². The number of aromatic amines is 2. The molecule has 2 heterocycles. The highest BCUT2D eigenvalue weighted by Gasteiger charge is 2.26. The first kappa shape index (κ1) is 14.0. The van der Waals surface area contributed by atoms with Gasteiger partial charge in [-0.2, -0.15) is 0 Å². The van der Waals surface area contributed by atoms with Gasteiger partial charge in [0.2, 0.25) is 0 Å². The molecule has 2 aromatic rings. The standard InChI is InChI=1S/C15H19N3O3/c1-2-16-13(10-5-6-21-8-10)9-3-4-11-12(7-9)18-15(20)14(19)17-11/h3-4,7,10,13,16H,2,5-6,8H2,1H3,(H,17,19)(H,18,20). The summed E-state index contributed by atoms with van der Waals surface area (Å²) in [7, 11) is 0. The average Bonchev–Trinajstić information content (AvgIpc) is 2.99. The first-order valence-electron chi connectivity index (χ1n) is 7.26. The Morgan fingerprint density at radius 1 is 1.29 bits per heavy atom. The van der Waals surface area contributed by atoms with Crippen molar-refractivity contribution in [1.29, 1.82) is 0 Å². The molecule has 1 fully saturated rings. The summed E-state index contributed by atoms with van der Waals surface area (Å²) in [6, 6.07) is 5.94. The average molecular weight is 289 g/mol. The zero-order chi connectivity index (χ0) is 14.8. The summed E-state index contributed by atoms with van der Waals surface area (Å²) in [6.07, 6.45) is 1.03. The maximum absolute atomic E-state index is 11.5. The van der Waals surface area contributed by atoms with E-state index in [-0.39, 0.29) is 6.04 Å². The molecule has 2 atom stereocenters. The normalized spacial score (nSPS) is 20.0. The van der Waals surface area contributed by atoms with E-state index >= 15 is 0 Å². The van der Waals surface area contributed by atoms with Crippen molar-refractivity contribution < 1.29 is 4.74 Å². The van der Waals surface area contributed by atoms with E-state index in [1.54, 1.807) is 0 Å². The molecular formula is C15H19N3O3. The fourth-order valence-electron chi connectivity index (χ4n) is 2.92. The first-order chi connectivity index (χ1) is 10.2. The Morgan fingerprint density at radius 2 is 2.05 bits per heavy atom. The second-order valence-corrected chi connectivity index (χ2v) is 5.37. The van der Waals surface area contributed by atoms with Gasteiger partial charge in [-0.3, -0.25) is 9.59 Å². The molecule has 21 heavy (non-hydrogen) atoms. The predicted molar refractivity (Wildman–Crippen MR) is 80.5 cm³/mol. The molecule has 3 rings (SSSR count). The van der Waals surface area contributed by atoms with Crippen molar-refractivity contribution in [2.45, 2.75) is 19.4 Å². The van der Waals surface area contributed by atoms with Crippen LogP contribution < -0.4 is 16.4 Å².